The summed E-state index contributed by atoms with van der Waals surface area (Å²) >= 11 is 0. The Morgan fingerprint density at radius 2 is 1.70 bits per heavy atom. The summed E-state index contributed by atoms with van der Waals surface area (Å²) in [4.78, 5) is 16.3. The molecule has 3 rings (SSSR count). The van der Waals surface area contributed by atoms with Gasteiger partial charge in [0.2, 0.25) is 5.95 Å². The molecule has 0 aliphatic carbocycles. The van der Waals surface area contributed by atoms with Crippen molar-refractivity contribution in [2.24, 2.45) is 0 Å². The molecular weight excluding hydrogens is 406 g/mol. The first kappa shape index (κ1) is 21.2. The van der Waals surface area contributed by atoms with Crippen LogP contribution in [-0.2, 0) is 11.3 Å². The first-order valence-corrected chi connectivity index (χ1v) is 8.77. The van der Waals surface area contributed by atoms with Gasteiger partial charge in [-0.05, 0) is 29.8 Å². The Morgan fingerprint density at radius 3 is 2.37 bits per heavy atom. The van der Waals surface area contributed by atoms with E-state index in [1.807, 2.05) is 0 Å². The van der Waals surface area contributed by atoms with Gasteiger partial charge in [-0.25, -0.2) is 9.37 Å². The van der Waals surface area contributed by atoms with E-state index in [2.05, 4.69) is 10.3 Å². The van der Waals surface area contributed by atoms with E-state index in [1.165, 1.54) is 36.5 Å². The fraction of sp³-hybridized carbons (Fsp3) is 0.200. The summed E-state index contributed by atoms with van der Waals surface area (Å²) in [6, 6.07) is 11.6. The second-order valence-electron chi connectivity index (χ2n) is 6.19. The predicted octanol–water partition coefficient (Wildman–Crippen LogP) is 4.03. The number of amides is 1. The van der Waals surface area contributed by atoms with Gasteiger partial charge in [-0.1, -0.05) is 24.3 Å². The maximum atomic E-state index is 13.0. The Labute approximate surface area is 169 Å². The van der Waals surface area contributed by atoms with Gasteiger partial charge in [0.1, 0.15) is 5.82 Å². The number of nitrogens with zero attached hydrogens (tertiary/aromatic N) is 2. The van der Waals surface area contributed by atoms with Crippen molar-refractivity contribution < 1.29 is 31.8 Å². The van der Waals surface area contributed by atoms with Gasteiger partial charge in [-0.15, -0.1) is 0 Å². The summed E-state index contributed by atoms with van der Waals surface area (Å²) in [7, 11) is 0. The third kappa shape index (κ3) is 6.23. The van der Waals surface area contributed by atoms with Gasteiger partial charge >= 0.3 is 6.18 Å². The molecule has 0 aliphatic heterocycles. The quantitative estimate of drug-likeness (QED) is 0.556. The molecule has 0 fully saturated rings. The molecule has 6 nitrogen and oxygen atoms in total. The van der Waals surface area contributed by atoms with Crippen LogP contribution in [0.3, 0.4) is 0 Å². The summed E-state index contributed by atoms with van der Waals surface area (Å²) in [5.74, 6) is -0.789. The lowest BCUT2D eigenvalue weighted by atomic mass is 10.2. The normalized spacial score (nSPS) is 11.2. The van der Waals surface area contributed by atoms with Crippen LogP contribution in [0.1, 0.15) is 5.56 Å². The highest BCUT2D eigenvalue weighted by molar-refractivity contribution is 5.90. The predicted molar refractivity (Wildman–Crippen MR) is 99.8 cm³/mol. The number of hydrogen-bond donors (Lipinski definition) is 1. The molecule has 0 atom stereocenters. The van der Waals surface area contributed by atoms with Crippen molar-refractivity contribution in [3.05, 3.63) is 72.3 Å². The number of benzene rings is 2. The average molecular weight is 423 g/mol. The van der Waals surface area contributed by atoms with Crippen molar-refractivity contribution in [2.75, 3.05) is 18.5 Å². The van der Waals surface area contributed by atoms with E-state index >= 15 is 0 Å². The summed E-state index contributed by atoms with van der Waals surface area (Å²) in [6.07, 6.45) is -1.37. The van der Waals surface area contributed by atoms with E-state index in [0.29, 0.717) is 6.54 Å². The molecule has 10 heteroatoms. The molecule has 158 valence electrons. The molecule has 0 saturated heterocycles. The number of hydrogen-bond acceptors (Lipinski definition) is 4. The van der Waals surface area contributed by atoms with Crippen LogP contribution in [0.4, 0.5) is 23.5 Å². The van der Waals surface area contributed by atoms with Gasteiger partial charge in [0.25, 0.3) is 5.91 Å². The van der Waals surface area contributed by atoms with Gasteiger partial charge in [0, 0.05) is 12.4 Å². The fourth-order valence-electron chi connectivity index (χ4n) is 2.50. The number of imidazole rings is 1. The largest absolute Gasteiger partial charge is 0.480 e. The molecule has 0 saturated carbocycles. The minimum absolute atomic E-state index is 0.00607. The average Bonchev–Trinajstić information content (AvgIpc) is 3.13. The van der Waals surface area contributed by atoms with Crippen LogP contribution in [0.5, 0.6) is 11.5 Å². The topological polar surface area (TPSA) is 65.4 Å². The van der Waals surface area contributed by atoms with Crippen molar-refractivity contribution in [3.8, 4) is 11.5 Å². The standard InChI is InChI=1S/C20H17F4N3O3/c21-15-7-5-14(6-8-15)11-27-10-9-25-19(27)26-18(28)12-29-16-3-1-2-4-17(16)30-13-20(22,23)24/h1-10H,11-13H2,(H,25,26,28). The molecule has 0 spiro atoms. The summed E-state index contributed by atoms with van der Waals surface area (Å²) in [6.45, 7) is -1.58. The van der Waals surface area contributed by atoms with Crippen LogP contribution in [0, 0.1) is 5.82 Å². The van der Waals surface area contributed by atoms with Crippen molar-refractivity contribution >= 4 is 11.9 Å². The third-order valence-corrected chi connectivity index (χ3v) is 3.83. The molecular formula is C20H17F4N3O3. The van der Waals surface area contributed by atoms with E-state index in [4.69, 9.17) is 9.47 Å². The second kappa shape index (κ2) is 9.29. The Morgan fingerprint density at radius 1 is 1.03 bits per heavy atom. The van der Waals surface area contributed by atoms with Crippen LogP contribution >= 0.6 is 0 Å². The molecule has 30 heavy (non-hydrogen) atoms. The second-order valence-corrected chi connectivity index (χ2v) is 6.19. The van der Waals surface area contributed by atoms with Crippen LogP contribution < -0.4 is 14.8 Å². The molecule has 2 aromatic carbocycles. The lowest BCUT2D eigenvalue weighted by Crippen LogP contribution is -2.23. The minimum atomic E-state index is -4.49. The molecule has 0 unspecified atom stereocenters. The molecule has 1 amide bonds. The lowest BCUT2D eigenvalue weighted by Gasteiger charge is -2.14. The molecule has 1 N–H and O–H groups in total. The zero-order valence-corrected chi connectivity index (χ0v) is 15.5. The van der Waals surface area contributed by atoms with Crippen LogP contribution in [-0.4, -0.2) is 34.8 Å². The highest BCUT2D eigenvalue weighted by Gasteiger charge is 2.29. The fourth-order valence-corrected chi connectivity index (χ4v) is 2.50. The summed E-state index contributed by atoms with van der Waals surface area (Å²) in [5, 5.41) is 2.56. The van der Waals surface area contributed by atoms with Gasteiger partial charge in [0.05, 0.1) is 6.54 Å². The maximum Gasteiger partial charge on any atom is 0.422 e. The van der Waals surface area contributed by atoms with E-state index in [9.17, 15) is 22.4 Å². The minimum Gasteiger partial charge on any atom is -0.480 e. The number of alkyl halides is 3. The lowest BCUT2D eigenvalue weighted by molar-refractivity contribution is -0.153. The van der Waals surface area contributed by atoms with Crippen molar-refractivity contribution in [2.45, 2.75) is 12.7 Å². The zero-order valence-electron chi connectivity index (χ0n) is 15.5. The summed E-state index contributed by atoms with van der Waals surface area (Å²) < 4.78 is 61.7. The molecule has 0 radical (unpaired) electrons. The molecule has 0 bridgehead atoms. The molecule has 1 aromatic heterocycles. The highest BCUT2D eigenvalue weighted by atomic mass is 19.4. The van der Waals surface area contributed by atoms with Crippen molar-refractivity contribution in [3.63, 3.8) is 0 Å². The van der Waals surface area contributed by atoms with Crippen LogP contribution in [0.15, 0.2) is 60.9 Å². The number of aromatic nitrogens is 2. The highest BCUT2D eigenvalue weighted by Crippen LogP contribution is 2.28. The van der Waals surface area contributed by atoms with E-state index in [0.717, 1.165) is 5.56 Å². The van der Waals surface area contributed by atoms with Gasteiger partial charge in [-0.3, -0.25) is 10.1 Å². The Balaban J connectivity index is 1.57. The van der Waals surface area contributed by atoms with Gasteiger partial charge < -0.3 is 14.0 Å². The first-order chi connectivity index (χ1) is 14.3. The van der Waals surface area contributed by atoms with E-state index < -0.39 is 25.3 Å². The molecule has 1 heterocycles. The Hall–Kier alpha value is -3.56. The number of halogens is 4. The molecule has 3 aromatic rings. The van der Waals surface area contributed by atoms with Crippen LogP contribution in [0.2, 0.25) is 0 Å². The van der Waals surface area contributed by atoms with Crippen molar-refractivity contribution in [1.29, 1.82) is 0 Å². The monoisotopic (exact) mass is 423 g/mol. The molecule has 0 aliphatic rings. The number of ether oxygens (including phenoxy) is 2. The number of carbonyl (C=O) groups is 1. The number of anilines is 1. The van der Waals surface area contributed by atoms with Gasteiger partial charge in [0.15, 0.2) is 24.7 Å². The SMILES string of the molecule is O=C(COc1ccccc1OCC(F)(F)F)Nc1nccn1Cc1ccc(F)cc1. The smallest absolute Gasteiger partial charge is 0.422 e. The van der Waals surface area contributed by atoms with E-state index in [-0.39, 0.29) is 23.3 Å². The van der Waals surface area contributed by atoms with Gasteiger partial charge in [-0.2, -0.15) is 13.2 Å². The number of para-hydroxylation sites is 2. The number of nitrogens with one attached hydrogen (secondary N) is 1. The zero-order chi connectivity index (χ0) is 21.6. The van der Waals surface area contributed by atoms with Crippen LogP contribution in [0.25, 0.3) is 0 Å². The number of carbonyl (C=O) groups excluding carboxylic acids is 1. The van der Waals surface area contributed by atoms with E-state index in [1.54, 1.807) is 29.0 Å². The maximum absolute atomic E-state index is 13.0. The Bertz CT molecular complexity index is 987. The van der Waals surface area contributed by atoms with Crippen molar-refractivity contribution in [1.82, 2.24) is 9.55 Å². The number of rotatable bonds is 8. The third-order valence-electron chi connectivity index (χ3n) is 3.83. The first-order valence-electron chi connectivity index (χ1n) is 8.77. The summed E-state index contributed by atoms with van der Waals surface area (Å²) in [5.41, 5.74) is 0.803. The Kier molecular flexibility index (Phi) is 6.55.